The summed E-state index contributed by atoms with van der Waals surface area (Å²) in [6.07, 6.45) is 6.24. The standard InChI is InChI=1S/C12H11ClIN3OS/c13-7-5-15-12(19-7)10-16-9(6-3-1-2-4-6)8(14)11(18)17-10/h5-6H,1-4H2,(H,16,17,18). The van der Waals surface area contributed by atoms with Crippen LogP contribution < -0.4 is 5.56 Å². The highest BCUT2D eigenvalue weighted by atomic mass is 127. The summed E-state index contributed by atoms with van der Waals surface area (Å²) in [4.78, 5) is 23.6. The second-order valence-electron chi connectivity index (χ2n) is 4.56. The average molecular weight is 408 g/mol. The molecule has 1 N–H and O–H groups in total. The Labute approximate surface area is 132 Å². The predicted molar refractivity (Wildman–Crippen MR) is 84.9 cm³/mol. The van der Waals surface area contributed by atoms with Gasteiger partial charge in [-0.25, -0.2) is 9.97 Å². The van der Waals surface area contributed by atoms with Crippen molar-refractivity contribution in [1.82, 2.24) is 15.0 Å². The van der Waals surface area contributed by atoms with Crippen LogP contribution in [0.4, 0.5) is 0 Å². The van der Waals surface area contributed by atoms with Crippen LogP contribution in [0.25, 0.3) is 10.8 Å². The Morgan fingerprint density at radius 2 is 2.16 bits per heavy atom. The van der Waals surface area contributed by atoms with Gasteiger partial charge in [-0.05, 0) is 35.4 Å². The molecule has 2 aromatic rings. The van der Waals surface area contributed by atoms with Gasteiger partial charge in [0.05, 0.1) is 11.9 Å². The zero-order valence-electron chi connectivity index (χ0n) is 9.95. The number of thiazole rings is 1. The van der Waals surface area contributed by atoms with Crippen molar-refractivity contribution in [1.29, 1.82) is 0 Å². The molecule has 1 saturated carbocycles. The largest absolute Gasteiger partial charge is 0.304 e. The van der Waals surface area contributed by atoms with Crippen molar-refractivity contribution in [3.63, 3.8) is 0 Å². The maximum absolute atomic E-state index is 12.0. The average Bonchev–Trinajstić information content (AvgIpc) is 3.03. The molecule has 7 heteroatoms. The predicted octanol–water partition coefficient (Wildman–Crippen LogP) is 3.81. The lowest BCUT2D eigenvalue weighted by molar-refractivity contribution is 0.687. The van der Waals surface area contributed by atoms with Crippen LogP contribution in [0.5, 0.6) is 0 Å². The highest BCUT2D eigenvalue weighted by Gasteiger charge is 2.23. The molecule has 2 heterocycles. The van der Waals surface area contributed by atoms with Gasteiger partial charge >= 0.3 is 0 Å². The Morgan fingerprint density at radius 3 is 2.79 bits per heavy atom. The number of nitrogens with zero attached hydrogens (tertiary/aromatic N) is 2. The molecule has 19 heavy (non-hydrogen) atoms. The quantitative estimate of drug-likeness (QED) is 0.770. The highest BCUT2D eigenvalue weighted by Crippen LogP contribution is 2.35. The summed E-state index contributed by atoms with van der Waals surface area (Å²) < 4.78 is 1.30. The van der Waals surface area contributed by atoms with Crippen molar-refractivity contribution in [3.8, 4) is 10.8 Å². The summed E-state index contributed by atoms with van der Waals surface area (Å²) >= 11 is 9.30. The summed E-state index contributed by atoms with van der Waals surface area (Å²) in [5.74, 6) is 0.938. The summed E-state index contributed by atoms with van der Waals surface area (Å²) in [7, 11) is 0. The first-order chi connectivity index (χ1) is 9.15. The molecule has 0 atom stereocenters. The molecule has 0 radical (unpaired) electrons. The van der Waals surface area contributed by atoms with Crippen LogP contribution in [0.2, 0.25) is 4.34 Å². The van der Waals surface area contributed by atoms with Gasteiger partial charge in [0.25, 0.3) is 5.56 Å². The molecule has 1 aliphatic carbocycles. The van der Waals surface area contributed by atoms with E-state index >= 15 is 0 Å². The van der Waals surface area contributed by atoms with E-state index in [9.17, 15) is 4.79 Å². The number of H-pyrrole nitrogens is 1. The third-order valence-electron chi connectivity index (χ3n) is 3.31. The Bertz CT molecular complexity index is 663. The van der Waals surface area contributed by atoms with E-state index in [0.717, 1.165) is 18.5 Å². The molecule has 0 unspecified atom stereocenters. The van der Waals surface area contributed by atoms with Crippen LogP contribution in [-0.2, 0) is 0 Å². The first kappa shape index (κ1) is 13.5. The third kappa shape index (κ3) is 2.71. The van der Waals surface area contributed by atoms with Crippen LogP contribution in [-0.4, -0.2) is 15.0 Å². The van der Waals surface area contributed by atoms with Crippen molar-refractivity contribution in [2.45, 2.75) is 31.6 Å². The van der Waals surface area contributed by atoms with Crippen molar-refractivity contribution in [2.75, 3.05) is 0 Å². The summed E-state index contributed by atoms with van der Waals surface area (Å²) in [6.45, 7) is 0. The SMILES string of the molecule is O=c1[nH]c(-c2ncc(Cl)s2)nc(C2CCCC2)c1I. The number of nitrogens with one attached hydrogen (secondary N) is 1. The van der Waals surface area contributed by atoms with Gasteiger partial charge in [0.2, 0.25) is 0 Å². The lowest BCUT2D eigenvalue weighted by Gasteiger charge is -2.11. The lowest BCUT2D eigenvalue weighted by Crippen LogP contribution is -2.17. The van der Waals surface area contributed by atoms with Gasteiger partial charge in [-0.3, -0.25) is 4.79 Å². The van der Waals surface area contributed by atoms with Gasteiger partial charge in [0, 0.05) is 5.92 Å². The maximum Gasteiger partial charge on any atom is 0.264 e. The van der Waals surface area contributed by atoms with Gasteiger partial charge < -0.3 is 4.98 Å². The van der Waals surface area contributed by atoms with E-state index in [-0.39, 0.29) is 5.56 Å². The molecule has 0 saturated heterocycles. The van der Waals surface area contributed by atoms with E-state index in [0.29, 0.717) is 24.7 Å². The second-order valence-corrected chi connectivity index (χ2v) is 7.31. The highest BCUT2D eigenvalue weighted by molar-refractivity contribution is 14.1. The fourth-order valence-corrected chi connectivity index (χ4v) is 3.96. The molecule has 0 bridgehead atoms. The molecule has 0 aliphatic heterocycles. The molecule has 2 aromatic heterocycles. The number of halogens is 2. The number of rotatable bonds is 2. The van der Waals surface area contributed by atoms with Gasteiger partial charge in [-0.2, -0.15) is 0 Å². The zero-order chi connectivity index (χ0) is 13.4. The Balaban J connectivity index is 2.09. The van der Waals surface area contributed by atoms with Gasteiger partial charge in [-0.15, -0.1) is 0 Å². The first-order valence-electron chi connectivity index (χ1n) is 6.06. The fourth-order valence-electron chi connectivity index (χ4n) is 2.41. The van der Waals surface area contributed by atoms with E-state index in [1.54, 1.807) is 6.20 Å². The second kappa shape index (κ2) is 5.49. The van der Waals surface area contributed by atoms with Crippen LogP contribution in [0, 0.1) is 3.57 Å². The van der Waals surface area contributed by atoms with E-state index < -0.39 is 0 Å². The Morgan fingerprint density at radius 1 is 1.42 bits per heavy atom. The van der Waals surface area contributed by atoms with Crippen molar-refractivity contribution >= 4 is 45.5 Å². The zero-order valence-corrected chi connectivity index (χ0v) is 13.7. The lowest BCUT2D eigenvalue weighted by atomic mass is 10.0. The van der Waals surface area contributed by atoms with Crippen molar-refractivity contribution < 1.29 is 0 Å². The van der Waals surface area contributed by atoms with Crippen LogP contribution in [0.1, 0.15) is 37.3 Å². The molecule has 3 rings (SSSR count). The van der Waals surface area contributed by atoms with E-state index in [2.05, 4.69) is 37.5 Å². The number of hydrogen-bond acceptors (Lipinski definition) is 4. The minimum atomic E-state index is -0.0844. The summed E-state index contributed by atoms with van der Waals surface area (Å²) in [5, 5.41) is 0.665. The molecule has 0 aromatic carbocycles. The minimum absolute atomic E-state index is 0.0844. The normalized spacial score (nSPS) is 16.1. The molecular formula is C12H11ClIN3OS. The van der Waals surface area contributed by atoms with Crippen LogP contribution in [0.15, 0.2) is 11.0 Å². The monoisotopic (exact) mass is 407 g/mol. The number of hydrogen-bond donors (Lipinski definition) is 1. The van der Waals surface area contributed by atoms with E-state index in [1.165, 1.54) is 24.2 Å². The maximum atomic E-state index is 12.0. The smallest absolute Gasteiger partial charge is 0.264 e. The molecule has 1 aliphatic rings. The molecule has 0 spiro atoms. The van der Waals surface area contributed by atoms with Crippen LogP contribution >= 0.6 is 45.5 Å². The van der Waals surface area contributed by atoms with E-state index in [4.69, 9.17) is 11.6 Å². The van der Waals surface area contributed by atoms with Gasteiger partial charge in [0.1, 0.15) is 7.91 Å². The first-order valence-corrected chi connectivity index (χ1v) is 8.34. The fraction of sp³-hybridized carbons (Fsp3) is 0.417. The van der Waals surface area contributed by atoms with Gasteiger partial charge in [0.15, 0.2) is 10.8 Å². The summed E-state index contributed by atoms with van der Waals surface area (Å²) in [5.41, 5.74) is 0.835. The number of aromatic amines is 1. The Hall–Kier alpha value is -0.470. The van der Waals surface area contributed by atoms with E-state index in [1.807, 2.05) is 0 Å². The Kier molecular flexibility index (Phi) is 3.91. The van der Waals surface area contributed by atoms with Crippen molar-refractivity contribution in [2.24, 2.45) is 0 Å². The molecule has 0 amide bonds. The molecule has 4 nitrogen and oxygen atoms in total. The van der Waals surface area contributed by atoms with Crippen molar-refractivity contribution in [3.05, 3.63) is 30.2 Å². The van der Waals surface area contributed by atoms with Gasteiger partial charge in [-0.1, -0.05) is 35.8 Å². The molecular weight excluding hydrogens is 397 g/mol. The van der Waals surface area contributed by atoms with Crippen LogP contribution in [0.3, 0.4) is 0 Å². The molecule has 1 fully saturated rings. The summed E-state index contributed by atoms with van der Waals surface area (Å²) in [6, 6.07) is 0. The number of aromatic nitrogens is 3. The third-order valence-corrected chi connectivity index (χ3v) is 5.47. The topological polar surface area (TPSA) is 58.6 Å². The molecule has 100 valence electrons. The minimum Gasteiger partial charge on any atom is -0.304 e.